The first-order valence-corrected chi connectivity index (χ1v) is 5.61. The molecule has 0 amide bonds. The monoisotopic (exact) mass is 229 g/mol. The molecule has 0 saturated heterocycles. The van der Waals surface area contributed by atoms with Crippen LogP contribution in [0.2, 0.25) is 0 Å². The van der Waals surface area contributed by atoms with Gasteiger partial charge in [0.15, 0.2) is 0 Å². The lowest BCUT2D eigenvalue weighted by Crippen LogP contribution is -2.13. The molecule has 0 radical (unpaired) electrons. The van der Waals surface area contributed by atoms with E-state index in [-0.39, 0.29) is 5.97 Å². The van der Waals surface area contributed by atoms with Crippen molar-refractivity contribution in [2.24, 2.45) is 0 Å². The van der Waals surface area contributed by atoms with Crippen LogP contribution in [0.5, 0.6) is 0 Å². The molecule has 1 aromatic carbocycles. The first-order valence-electron chi connectivity index (χ1n) is 5.61. The molecule has 2 rings (SSSR count). The summed E-state index contributed by atoms with van der Waals surface area (Å²) in [5.41, 5.74) is 2.72. The molecule has 0 N–H and O–H groups in total. The van der Waals surface area contributed by atoms with Crippen LogP contribution in [-0.4, -0.2) is 19.6 Å². The van der Waals surface area contributed by atoms with Gasteiger partial charge in [0.2, 0.25) is 0 Å². The number of carbonyl (C=O) groups is 1. The third-order valence-corrected chi connectivity index (χ3v) is 2.60. The maximum atomic E-state index is 11.7. The lowest BCUT2D eigenvalue weighted by molar-refractivity contribution is -0.138. The molecule has 0 fully saturated rings. The number of para-hydroxylation sites is 1. The molecule has 0 aliphatic carbocycles. The van der Waals surface area contributed by atoms with Gasteiger partial charge in [-0.2, -0.15) is 0 Å². The van der Waals surface area contributed by atoms with Crippen molar-refractivity contribution in [3.63, 3.8) is 0 Å². The van der Waals surface area contributed by atoms with Crippen LogP contribution in [0.1, 0.15) is 12.5 Å². The third-order valence-electron chi connectivity index (χ3n) is 2.60. The number of hydrogen-bond acceptors (Lipinski definition) is 3. The average Bonchev–Trinajstić information content (AvgIpc) is 2.50. The first-order chi connectivity index (χ1) is 8.22. The van der Waals surface area contributed by atoms with Crippen molar-refractivity contribution in [2.75, 3.05) is 18.6 Å². The maximum absolute atomic E-state index is 11.7. The van der Waals surface area contributed by atoms with E-state index in [1.165, 1.54) is 0 Å². The van der Waals surface area contributed by atoms with Crippen LogP contribution in [0.3, 0.4) is 0 Å². The fraction of sp³-hybridized carbons (Fsp3) is 0.214. The van der Waals surface area contributed by atoms with Gasteiger partial charge in [-0.3, -0.25) is 0 Å². The Balaban J connectivity index is 2.34. The molecular formula is C14H15NO2. The molecule has 0 aromatic heterocycles. The summed E-state index contributed by atoms with van der Waals surface area (Å²) >= 11 is 0. The average molecular weight is 229 g/mol. The van der Waals surface area contributed by atoms with E-state index in [0.717, 1.165) is 11.3 Å². The van der Waals surface area contributed by atoms with Gasteiger partial charge in [0.05, 0.1) is 12.2 Å². The molecule has 1 aliphatic rings. The van der Waals surface area contributed by atoms with Crippen molar-refractivity contribution in [1.82, 2.24) is 0 Å². The van der Waals surface area contributed by atoms with Crippen molar-refractivity contribution in [1.29, 1.82) is 0 Å². The molecule has 0 saturated carbocycles. The predicted octanol–water partition coefficient (Wildman–Crippen LogP) is 2.60. The number of carbonyl (C=O) groups excluding carboxylic acids is 1. The zero-order chi connectivity index (χ0) is 12.3. The van der Waals surface area contributed by atoms with E-state index in [1.807, 2.05) is 42.3 Å². The molecule has 0 spiro atoms. The van der Waals surface area contributed by atoms with Crippen LogP contribution in [0.25, 0.3) is 6.08 Å². The Morgan fingerprint density at radius 3 is 2.82 bits per heavy atom. The van der Waals surface area contributed by atoms with Gasteiger partial charge in [-0.25, -0.2) is 4.79 Å². The quantitative estimate of drug-likeness (QED) is 0.730. The van der Waals surface area contributed by atoms with E-state index in [9.17, 15) is 4.79 Å². The van der Waals surface area contributed by atoms with Gasteiger partial charge in [-0.05, 0) is 24.6 Å². The summed E-state index contributed by atoms with van der Waals surface area (Å²) < 4.78 is 5.00. The number of fused-ring (bicyclic) bond motifs is 1. The van der Waals surface area contributed by atoms with Crippen molar-refractivity contribution >= 4 is 17.7 Å². The smallest absolute Gasteiger partial charge is 0.339 e. The van der Waals surface area contributed by atoms with E-state index in [0.29, 0.717) is 12.2 Å². The minimum atomic E-state index is -0.289. The SMILES string of the molecule is CCOC(=O)C1=CN(C)c2ccccc2C=C1. The van der Waals surface area contributed by atoms with Crippen LogP contribution < -0.4 is 4.90 Å². The Morgan fingerprint density at radius 2 is 2.06 bits per heavy atom. The molecule has 88 valence electrons. The van der Waals surface area contributed by atoms with Crippen LogP contribution in [0.15, 0.2) is 42.1 Å². The Morgan fingerprint density at radius 1 is 1.29 bits per heavy atom. The number of ether oxygens (including phenoxy) is 1. The van der Waals surface area contributed by atoms with Gasteiger partial charge in [0.25, 0.3) is 0 Å². The molecule has 0 unspecified atom stereocenters. The van der Waals surface area contributed by atoms with Crippen LogP contribution >= 0.6 is 0 Å². The zero-order valence-electron chi connectivity index (χ0n) is 10.0. The number of benzene rings is 1. The molecule has 0 atom stereocenters. The van der Waals surface area contributed by atoms with Crippen LogP contribution in [0.4, 0.5) is 5.69 Å². The van der Waals surface area contributed by atoms with Crippen LogP contribution in [0, 0.1) is 0 Å². The van der Waals surface area contributed by atoms with Gasteiger partial charge in [0.1, 0.15) is 0 Å². The normalized spacial score (nSPS) is 13.8. The summed E-state index contributed by atoms with van der Waals surface area (Å²) in [6.07, 6.45) is 5.52. The maximum Gasteiger partial charge on any atom is 0.339 e. The number of rotatable bonds is 2. The zero-order valence-corrected chi connectivity index (χ0v) is 10.0. The summed E-state index contributed by atoms with van der Waals surface area (Å²) in [6, 6.07) is 7.99. The van der Waals surface area contributed by atoms with E-state index < -0.39 is 0 Å². The predicted molar refractivity (Wildman–Crippen MR) is 68.6 cm³/mol. The van der Waals surface area contributed by atoms with Gasteiger partial charge in [0, 0.05) is 18.9 Å². The Kier molecular flexibility index (Phi) is 3.28. The van der Waals surface area contributed by atoms with Gasteiger partial charge in [-0.15, -0.1) is 0 Å². The van der Waals surface area contributed by atoms with Crippen molar-refractivity contribution in [3.8, 4) is 0 Å². The highest BCUT2D eigenvalue weighted by Gasteiger charge is 2.13. The van der Waals surface area contributed by atoms with E-state index in [4.69, 9.17) is 4.74 Å². The number of nitrogens with zero attached hydrogens (tertiary/aromatic N) is 1. The molecule has 3 nitrogen and oxygen atoms in total. The minimum Gasteiger partial charge on any atom is -0.462 e. The highest BCUT2D eigenvalue weighted by Crippen LogP contribution is 2.25. The second-order valence-electron chi connectivity index (χ2n) is 3.81. The second kappa shape index (κ2) is 4.87. The first kappa shape index (κ1) is 11.5. The third kappa shape index (κ3) is 2.38. The molecule has 0 bridgehead atoms. The van der Waals surface area contributed by atoms with E-state index in [1.54, 1.807) is 19.2 Å². The van der Waals surface area contributed by atoms with Crippen molar-refractivity contribution < 1.29 is 9.53 Å². The second-order valence-corrected chi connectivity index (χ2v) is 3.81. The van der Waals surface area contributed by atoms with Gasteiger partial charge >= 0.3 is 5.97 Å². The summed E-state index contributed by atoms with van der Waals surface area (Å²) in [5, 5.41) is 0. The molecule has 17 heavy (non-hydrogen) atoms. The minimum absolute atomic E-state index is 0.289. The van der Waals surface area contributed by atoms with Crippen molar-refractivity contribution in [2.45, 2.75) is 6.92 Å². The summed E-state index contributed by atoms with van der Waals surface area (Å²) in [7, 11) is 1.92. The van der Waals surface area contributed by atoms with Gasteiger partial charge < -0.3 is 9.64 Å². The molecule has 1 aliphatic heterocycles. The largest absolute Gasteiger partial charge is 0.462 e. The summed E-state index contributed by atoms with van der Waals surface area (Å²) in [5.74, 6) is -0.289. The fourth-order valence-electron chi connectivity index (χ4n) is 1.79. The highest BCUT2D eigenvalue weighted by molar-refractivity contribution is 5.94. The Labute approximate surface area is 101 Å². The lowest BCUT2D eigenvalue weighted by Gasteiger charge is -2.15. The van der Waals surface area contributed by atoms with Crippen LogP contribution in [-0.2, 0) is 9.53 Å². The Hall–Kier alpha value is -2.03. The number of esters is 1. The number of hydrogen-bond donors (Lipinski definition) is 0. The standard InChI is InChI=1S/C14H15NO2/c1-3-17-14(16)12-9-8-11-6-4-5-7-13(11)15(2)10-12/h4-10H,3H2,1-2H3. The highest BCUT2D eigenvalue weighted by atomic mass is 16.5. The molecular weight excluding hydrogens is 214 g/mol. The molecule has 1 aromatic rings. The Bertz CT molecular complexity index is 489. The lowest BCUT2D eigenvalue weighted by atomic mass is 10.1. The summed E-state index contributed by atoms with van der Waals surface area (Å²) in [4.78, 5) is 13.6. The topological polar surface area (TPSA) is 29.5 Å². The number of anilines is 1. The van der Waals surface area contributed by atoms with Crippen molar-refractivity contribution in [3.05, 3.63) is 47.7 Å². The summed E-state index contributed by atoms with van der Waals surface area (Å²) in [6.45, 7) is 2.19. The molecule has 3 heteroatoms. The van der Waals surface area contributed by atoms with Gasteiger partial charge in [-0.1, -0.05) is 24.3 Å². The van der Waals surface area contributed by atoms with E-state index in [2.05, 4.69) is 0 Å². The van der Waals surface area contributed by atoms with E-state index >= 15 is 0 Å². The fourth-order valence-corrected chi connectivity index (χ4v) is 1.79. The molecule has 1 heterocycles.